The molecule has 1 N–H and O–H groups in total. The monoisotopic (exact) mass is 387 g/mol. The minimum Gasteiger partial charge on any atom is -0.308 e. The number of hydrogen-bond donors (Lipinski definition) is 1. The zero-order chi connectivity index (χ0) is 13.7. The molecule has 0 radical (unpaired) electrons. The van der Waals surface area contributed by atoms with Crippen LogP contribution in [0.4, 0.5) is 0 Å². The van der Waals surface area contributed by atoms with Crippen LogP contribution in [0.2, 0.25) is 0 Å². The van der Waals surface area contributed by atoms with E-state index in [1.54, 1.807) is 11.3 Å². The van der Waals surface area contributed by atoms with Gasteiger partial charge in [0.15, 0.2) is 0 Å². The number of rotatable bonds is 6. The van der Waals surface area contributed by atoms with Crippen LogP contribution in [-0.4, -0.2) is 16.7 Å². The second-order valence-electron chi connectivity index (χ2n) is 4.37. The van der Waals surface area contributed by atoms with Crippen LogP contribution in [0.1, 0.15) is 37.7 Å². The van der Waals surface area contributed by atoms with Crippen LogP contribution in [0.25, 0.3) is 10.6 Å². The lowest BCUT2D eigenvalue weighted by atomic mass is 10.2. The van der Waals surface area contributed by atoms with Crippen molar-refractivity contribution in [3.05, 3.63) is 32.8 Å². The highest BCUT2D eigenvalue weighted by Gasteiger charge is 2.14. The summed E-state index contributed by atoms with van der Waals surface area (Å²) < 4.78 is 1.24. The van der Waals surface area contributed by atoms with Crippen LogP contribution >= 0.6 is 33.9 Å². The first kappa shape index (κ1) is 14.9. The van der Waals surface area contributed by atoms with Crippen molar-refractivity contribution in [1.29, 1.82) is 0 Å². The first-order valence-electron chi connectivity index (χ1n) is 6.57. The van der Waals surface area contributed by atoms with E-state index in [-0.39, 0.29) is 0 Å². The van der Waals surface area contributed by atoms with Gasteiger partial charge in [0.2, 0.25) is 0 Å². The molecule has 0 aliphatic rings. The number of benzene rings is 1. The molecule has 0 amide bonds. The quantitative estimate of drug-likeness (QED) is 0.753. The fraction of sp³-hybridized carbons (Fsp3) is 0.429. The van der Waals surface area contributed by atoms with Gasteiger partial charge in [-0.15, -0.1) is 10.2 Å². The molecule has 3 nitrogen and oxygen atoms in total. The van der Waals surface area contributed by atoms with Gasteiger partial charge < -0.3 is 5.32 Å². The Morgan fingerprint density at radius 2 is 1.95 bits per heavy atom. The Bertz CT molecular complexity index is 510. The fourth-order valence-electron chi connectivity index (χ4n) is 1.81. The van der Waals surface area contributed by atoms with E-state index in [1.165, 1.54) is 3.57 Å². The SMILES string of the molecule is CCCNC(CC)c1nnc(-c2ccc(I)cc2)s1. The molecule has 0 fully saturated rings. The number of hydrogen-bond acceptors (Lipinski definition) is 4. The maximum absolute atomic E-state index is 4.34. The van der Waals surface area contributed by atoms with E-state index in [9.17, 15) is 0 Å². The summed E-state index contributed by atoms with van der Waals surface area (Å²) in [7, 11) is 0. The molecule has 102 valence electrons. The Morgan fingerprint density at radius 3 is 2.58 bits per heavy atom. The Labute approximate surface area is 132 Å². The molecule has 2 aromatic rings. The Morgan fingerprint density at radius 1 is 1.21 bits per heavy atom. The second kappa shape index (κ2) is 7.31. The average molecular weight is 387 g/mol. The number of aromatic nitrogens is 2. The molecule has 0 aliphatic heterocycles. The van der Waals surface area contributed by atoms with Crippen molar-refractivity contribution >= 4 is 33.9 Å². The third-order valence-electron chi connectivity index (χ3n) is 2.88. The standard InChI is InChI=1S/C14H18IN3S/c1-3-9-16-12(4-2)14-18-17-13(19-14)10-5-7-11(15)8-6-10/h5-8,12,16H,3-4,9H2,1-2H3. The van der Waals surface area contributed by atoms with Crippen LogP contribution in [0.5, 0.6) is 0 Å². The highest BCUT2D eigenvalue weighted by molar-refractivity contribution is 14.1. The van der Waals surface area contributed by atoms with Gasteiger partial charge in [0.25, 0.3) is 0 Å². The molecule has 2 rings (SSSR count). The molecule has 5 heteroatoms. The third-order valence-corrected chi connectivity index (χ3v) is 4.68. The van der Waals surface area contributed by atoms with Crippen molar-refractivity contribution in [2.45, 2.75) is 32.7 Å². The van der Waals surface area contributed by atoms with Gasteiger partial charge in [-0.3, -0.25) is 0 Å². The van der Waals surface area contributed by atoms with E-state index in [1.807, 2.05) is 0 Å². The first-order valence-corrected chi connectivity index (χ1v) is 8.46. The normalized spacial score (nSPS) is 12.6. The van der Waals surface area contributed by atoms with Crippen molar-refractivity contribution in [2.24, 2.45) is 0 Å². The van der Waals surface area contributed by atoms with Gasteiger partial charge in [-0.05, 0) is 54.1 Å². The van der Waals surface area contributed by atoms with Crippen molar-refractivity contribution in [1.82, 2.24) is 15.5 Å². The Kier molecular flexibility index (Phi) is 5.72. The van der Waals surface area contributed by atoms with Gasteiger partial charge in [0, 0.05) is 9.13 Å². The molecule has 1 unspecified atom stereocenters. The summed E-state index contributed by atoms with van der Waals surface area (Å²) in [5.74, 6) is 0. The summed E-state index contributed by atoms with van der Waals surface area (Å²) in [5, 5.41) is 14.3. The van der Waals surface area contributed by atoms with Gasteiger partial charge in [-0.25, -0.2) is 0 Å². The van der Waals surface area contributed by atoms with Gasteiger partial charge in [-0.1, -0.05) is 37.3 Å². The van der Waals surface area contributed by atoms with E-state index in [0.29, 0.717) is 6.04 Å². The van der Waals surface area contributed by atoms with Crippen LogP contribution in [0, 0.1) is 3.57 Å². The molecule has 1 heterocycles. The number of halogens is 1. The first-order chi connectivity index (χ1) is 9.24. The van der Waals surface area contributed by atoms with Crippen LogP contribution in [0.3, 0.4) is 0 Å². The van der Waals surface area contributed by atoms with Crippen LogP contribution < -0.4 is 5.32 Å². The van der Waals surface area contributed by atoms with E-state index in [4.69, 9.17) is 0 Å². The highest BCUT2D eigenvalue weighted by atomic mass is 127. The second-order valence-corrected chi connectivity index (χ2v) is 6.62. The van der Waals surface area contributed by atoms with E-state index in [0.717, 1.165) is 35.0 Å². The molecule has 1 aromatic heterocycles. The maximum Gasteiger partial charge on any atom is 0.147 e. The van der Waals surface area contributed by atoms with Crippen LogP contribution in [0.15, 0.2) is 24.3 Å². The van der Waals surface area contributed by atoms with Gasteiger partial charge in [-0.2, -0.15) is 0 Å². The summed E-state index contributed by atoms with van der Waals surface area (Å²) in [6, 6.07) is 8.74. The minimum absolute atomic E-state index is 0.329. The highest BCUT2D eigenvalue weighted by Crippen LogP contribution is 2.28. The molecule has 1 aromatic carbocycles. The Balaban J connectivity index is 2.15. The molecule has 1 atom stereocenters. The molecule has 0 saturated heterocycles. The molecular weight excluding hydrogens is 369 g/mol. The lowest BCUT2D eigenvalue weighted by molar-refractivity contribution is 0.513. The predicted octanol–water partition coefficient (Wildman–Crippen LogP) is 4.26. The Hall–Kier alpha value is -0.530. The lowest BCUT2D eigenvalue weighted by Gasteiger charge is -2.12. The zero-order valence-corrected chi connectivity index (χ0v) is 14.2. The van der Waals surface area contributed by atoms with Crippen molar-refractivity contribution in [3.63, 3.8) is 0 Å². The molecule has 0 spiro atoms. The van der Waals surface area contributed by atoms with Gasteiger partial charge in [0.05, 0.1) is 6.04 Å². The molecule has 0 saturated carbocycles. The summed E-state index contributed by atoms with van der Waals surface area (Å²) >= 11 is 4.00. The zero-order valence-electron chi connectivity index (χ0n) is 11.2. The summed E-state index contributed by atoms with van der Waals surface area (Å²) in [4.78, 5) is 0. The largest absolute Gasteiger partial charge is 0.308 e. The van der Waals surface area contributed by atoms with Crippen molar-refractivity contribution < 1.29 is 0 Å². The smallest absolute Gasteiger partial charge is 0.147 e. The summed E-state index contributed by atoms with van der Waals surface area (Å²) in [6.45, 7) is 5.38. The van der Waals surface area contributed by atoms with E-state index >= 15 is 0 Å². The van der Waals surface area contributed by atoms with Crippen molar-refractivity contribution in [3.8, 4) is 10.6 Å². The lowest BCUT2D eigenvalue weighted by Crippen LogP contribution is -2.21. The summed E-state index contributed by atoms with van der Waals surface area (Å²) in [6.07, 6.45) is 2.18. The minimum atomic E-state index is 0.329. The topological polar surface area (TPSA) is 37.8 Å². The maximum atomic E-state index is 4.34. The van der Waals surface area contributed by atoms with Gasteiger partial charge >= 0.3 is 0 Å². The van der Waals surface area contributed by atoms with E-state index in [2.05, 4.69) is 76.2 Å². The van der Waals surface area contributed by atoms with Crippen LogP contribution in [-0.2, 0) is 0 Å². The van der Waals surface area contributed by atoms with E-state index < -0.39 is 0 Å². The molecule has 0 bridgehead atoms. The fourth-order valence-corrected chi connectivity index (χ4v) is 3.18. The van der Waals surface area contributed by atoms with Gasteiger partial charge in [0.1, 0.15) is 10.0 Å². The predicted molar refractivity (Wildman–Crippen MR) is 89.4 cm³/mol. The molecular formula is C14H18IN3S. The molecule has 19 heavy (non-hydrogen) atoms. The van der Waals surface area contributed by atoms with Crippen molar-refractivity contribution in [2.75, 3.05) is 6.54 Å². The number of nitrogens with one attached hydrogen (secondary N) is 1. The third kappa shape index (κ3) is 3.97. The average Bonchev–Trinajstić information content (AvgIpc) is 2.90. The summed E-state index contributed by atoms with van der Waals surface area (Å²) in [5.41, 5.74) is 1.15. The number of nitrogens with zero attached hydrogens (tertiary/aromatic N) is 2. The molecule has 0 aliphatic carbocycles.